The summed E-state index contributed by atoms with van der Waals surface area (Å²) in [5.74, 6) is -3.13. The molecular weight excluding hydrogens is 1080 g/mol. The zero-order valence-electron chi connectivity index (χ0n) is 48.9. The molecule has 0 bridgehead atoms. The van der Waals surface area contributed by atoms with Crippen LogP contribution in [0.1, 0.15) is 147 Å². The molecule has 1 aliphatic carbocycles. The van der Waals surface area contributed by atoms with E-state index in [1.807, 2.05) is 49.3 Å². The van der Waals surface area contributed by atoms with Gasteiger partial charge in [0.15, 0.2) is 5.82 Å². The minimum Gasteiger partial charge on any atom is -0.371 e. The van der Waals surface area contributed by atoms with Gasteiger partial charge >= 0.3 is 0 Å². The fraction of sp³-hybridized carbons (Fsp3) is 0.500. The Kier molecular flexibility index (Phi) is 14.4. The number of amides is 8. The molecule has 1 atom stereocenters. The van der Waals surface area contributed by atoms with Crippen molar-refractivity contribution in [2.45, 2.75) is 141 Å². The Labute approximate surface area is 492 Å². The van der Waals surface area contributed by atoms with Gasteiger partial charge in [0.25, 0.3) is 17.7 Å². The van der Waals surface area contributed by atoms with Gasteiger partial charge in [-0.25, -0.2) is 14.4 Å². The van der Waals surface area contributed by atoms with Crippen LogP contribution < -0.4 is 25.8 Å². The molecule has 6 fully saturated rings. The lowest BCUT2D eigenvalue weighted by Crippen LogP contribution is -2.60. The molecule has 444 valence electrons. The van der Waals surface area contributed by atoms with Crippen LogP contribution in [-0.4, -0.2) is 158 Å². The summed E-state index contributed by atoms with van der Waals surface area (Å²) >= 11 is 0. The molecule has 13 rings (SSSR count). The number of imidazole rings is 1. The molecule has 8 amide bonds. The van der Waals surface area contributed by atoms with Gasteiger partial charge in [-0.3, -0.25) is 48.6 Å². The van der Waals surface area contributed by atoms with Crippen LogP contribution in [0.4, 0.5) is 27.3 Å². The molecular formula is C64H73FN12O8. The molecule has 21 heteroatoms. The molecule has 5 aromatic rings. The molecule has 1 unspecified atom stereocenters. The number of halogens is 1. The van der Waals surface area contributed by atoms with Crippen LogP contribution in [0.3, 0.4) is 0 Å². The smallest absolute Gasteiger partial charge is 0.262 e. The second-order valence-electron chi connectivity index (χ2n) is 25.4. The van der Waals surface area contributed by atoms with E-state index in [0.717, 1.165) is 53.3 Å². The SMILES string of the molecule is Cc1cc(F)c(Nc2nc(-c3ccc4c(c3)N(C3CC(N5CCCCC5)C3)C(=O)C43CCN(C(=O)C4CN(C(=O)C5CCN(c6ccc7c(c6)C(=O)N(C6CCC(=O)NC6=O)C7=O)CC5)C4)CC3)cc3ncn(C(C)C)c23)cc1C(=O)NC(C)C. The van der Waals surface area contributed by atoms with Crippen molar-refractivity contribution >= 4 is 81.2 Å². The number of likely N-dealkylation sites (tertiary alicyclic amines) is 3. The van der Waals surface area contributed by atoms with Crippen LogP contribution in [0.15, 0.2) is 60.9 Å². The highest BCUT2D eigenvalue weighted by molar-refractivity contribution is 6.24. The lowest BCUT2D eigenvalue weighted by atomic mass is 9.73. The van der Waals surface area contributed by atoms with E-state index in [1.54, 1.807) is 36.4 Å². The zero-order chi connectivity index (χ0) is 59.3. The standard InChI is InChI=1S/C64H73FN12O8/c1-35(2)67-57(79)45-30-50(48(65)25-37(45)5)69-56-55-51(66-34-75(55)36(3)4)31-49(68-56)39-9-12-47-53(26-39)76(43-27-42(28-43)71-19-7-6-8-20-71)63(85)64(47)17-23-73(24-18-64)60(82)40-32-74(33-40)59(81)38-15-21-72(22-16-38)41-10-11-44-46(29-41)62(84)77(61(44)83)52-13-14-54(78)70-58(52)80/h9-12,25-26,29-31,34-36,38,40,42-43,52H,6-8,13-24,27-28,32-33H2,1-5H3,(H,67,79)(H,68,69)(H,70,78,80). The van der Waals surface area contributed by atoms with Gasteiger partial charge in [0.1, 0.15) is 17.4 Å². The number of nitrogens with one attached hydrogen (secondary N) is 3. The lowest BCUT2D eigenvalue weighted by molar-refractivity contribution is -0.152. The van der Waals surface area contributed by atoms with E-state index >= 15 is 9.18 Å². The van der Waals surface area contributed by atoms with E-state index in [0.29, 0.717) is 105 Å². The Morgan fingerprint density at radius 3 is 2.18 bits per heavy atom. The maximum Gasteiger partial charge on any atom is 0.262 e. The number of anilines is 4. The number of rotatable bonds is 12. The third-order valence-corrected chi connectivity index (χ3v) is 19.5. The molecule has 85 heavy (non-hydrogen) atoms. The third-order valence-electron chi connectivity index (χ3n) is 19.5. The maximum absolute atomic E-state index is 15.9. The quantitative estimate of drug-likeness (QED) is 0.107. The highest BCUT2D eigenvalue weighted by atomic mass is 19.1. The van der Waals surface area contributed by atoms with Crippen molar-refractivity contribution in [3.63, 3.8) is 0 Å². The average molecular weight is 1160 g/mol. The minimum absolute atomic E-state index is 0.00132. The Bertz CT molecular complexity index is 3620. The summed E-state index contributed by atoms with van der Waals surface area (Å²) < 4.78 is 17.9. The van der Waals surface area contributed by atoms with Crippen molar-refractivity contribution in [1.82, 2.24) is 44.8 Å². The first-order chi connectivity index (χ1) is 40.8. The molecule has 20 nitrogen and oxygen atoms in total. The number of nitrogens with zero attached hydrogens (tertiary/aromatic N) is 9. The Morgan fingerprint density at radius 2 is 1.47 bits per heavy atom. The van der Waals surface area contributed by atoms with E-state index < -0.39 is 40.9 Å². The number of pyridine rings is 1. The Hall–Kier alpha value is -8.07. The van der Waals surface area contributed by atoms with E-state index in [-0.39, 0.29) is 83.2 Å². The molecule has 1 saturated carbocycles. The molecule has 3 N–H and O–H groups in total. The highest BCUT2D eigenvalue weighted by Crippen LogP contribution is 2.53. The first-order valence-electron chi connectivity index (χ1n) is 30.5. The summed E-state index contributed by atoms with van der Waals surface area (Å²) in [6.45, 7) is 14.3. The van der Waals surface area contributed by atoms with Crippen LogP contribution in [-0.2, 0) is 29.4 Å². The van der Waals surface area contributed by atoms with Crippen molar-refractivity contribution in [2.75, 3.05) is 67.5 Å². The number of hydrogen-bond acceptors (Lipinski definition) is 13. The van der Waals surface area contributed by atoms with Crippen molar-refractivity contribution in [1.29, 1.82) is 0 Å². The number of imide groups is 2. The number of benzene rings is 3. The van der Waals surface area contributed by atoms with Crippen molar-refractivity contribution in [3.05, 3.63) is 94.6 Å². The van der Waals surface area contributed by atoms with Gasteiger partial charge in [-0.05, 0) is 159 Å². The first kappa shape index (κ1) is 56.1. The molecule has 2 aromatic heterocycles. The summed E-state index contributed by atoms with van der Waals surface area (Å²) in [5.41, 5.74) is 5.79. The molecule has 8 aliphatic rings. The van der Waals surface area contributed by atoms with Crippen LogP contribution >= 0.6 is 0 Å². The van der Waals surface area contributed by atoms with Crippen LogP contribution in [0.2, 0.25) is 0 Å². The summed E-state index contributed by atoms with van der Waals surface area (Å²) in [6.07, 6.45) is 9.33. The fourth-order valence-electron chi connectivity index (χ4n) is 14.6. The Balaban J connectivity index is 0.690. The average Bonchev–Trinajstić information content (AvgIpc) is 1.62. The van der Waals surface area contributed by atoms with E-state index in [2.05, 4.69) is 42.8 Å². The minimum atomic E-state index is -1.05. The summed E-state index contributed by atoms with van der Waals surface area (Å²) in [4.78, 5) is 129. The number of carbonyl (C=O) groups excluding carboxylic acids is 8. The van der Waals surface area contributed by atoms with Gasteiger partial charge < -0.3 is 39.7 Å². The van der Waals surface area contributed by atoms with Gasteiger partial charge in [-0.1, -0.05) is 18.6 Å². The number of aromatic nitrogens is 3. The van der Waals surface area contributed by atoms with Crippen molar-refractivity contribution < 1.29 is 42.7 Å². The van der Waals surface area contributed by atoms with Crippen LogP contribution in [0.25, 0.3) is 22.3 Å². The second-order valence-corrected chi connectivity index (χ2v) is 25.4. The van der Waals surface area contributed by atoms with E-state index in [9.17, 15) is 33.6 Å². The molecule has 0 radical (unpaired) electrons. The van der Waals surface area contributed by atoms with Crippen LogP contribution in [0.5, 0.6) is 0 Å². The van der Waals surface area contributed by atoms with Crippen LogP contribution in [0, 0.1) is 24.6 Å². The van der Waals surface area contributed by atoms with Crippen molar-refractivity contribution in [3.8, 4) is 11.3 Å². The highest BCUT2D eigenvalue weighted by Gasteiger charge is 2.57. The third kappa shape index (κ3) is 9.79. The number of carbonyl (C=O) groups is 8. The first-order valence-corrected chi connectivity index (χ1v) is 30.5. The van der Waals surface area contributed by atoms with Gasteiger partial charge in [-0.15, -0.1) is 0 Å². The Morgan fingerprint density at radius 1 is 0.753 bits per heavy atom. The number of piperidine rings is 4. The lowest BCUT2D eigenvalue weighted by Gasteiger charge is -2.48. The van der Waals surface area contributed by atoms with Gasteiger partial charge in [0.05, 0.1) is 45.7 Å². The summed E-state index contributed by atoms with van der Waals surface area (Å²) in [7, 11) is 0. The summed E-state index contributed by atoms with van der Waals surface area (Å²) in [6, 6.07) is 15.3. The maximum atomic E-state index is 15.9. The largest absolute Gasteiger partial charge is 0.371 e. The molecule has 7 aliphatic heterocycles. The predicted octanol–water partition coefficient (Wildman–Crippen LogP) is 7.01. The molecule has 5 saturated heterocycles. The normalized spacial score (nSPS) is 22.8. The molecule has 3 aromatic carbocycles. The molecule has 9 heterocycles. The summed E-state index contributed by atoms with van der Waals surface area (Å²) in [5, 5.41) is 8.42. The number of fused-ring (bicyclic) bond motifs is 4. The fourth-order valence-corrected chi connectivity index (χ4v) is 14.6. The topological polar surface area (TPSA) is 223 Å². The van der Waals surface area contributed by atoms with Crippen molar-refractivity contribution in [2.24, 2.45) is 11.8 Å². The van der Waals surface area contributed by atoms with Gasteiger partial charge in [0, 0.05) is 98.3 Å². The monoisotopic (exact) mass is 1160 g/mol. The van der Waals surface area contributed by atoms with Gasteiger partial charge in [-0.2, -0.15) is 0 Å². The van der Waals surface area contributed by atoms with E-state index in [1.165, 1.54) is 31.4 Å². The number of aryl methyl sites for hydroxylation is 1. The number of hydrogen-bond donors (Lipinski definition) is 3. The predicted molar refractivity (Wildman–Crippen MR) is 316 cm³/mol. The van der Waals surface area contributed by atoms with E-state index in [4.69, 9.17) is 9.97 Å². The second kappa shape index (κ2) is 21.8. The molecule has 1 spiro atoms. The zero-order valence-corrected chi connectivity index (χ0v) is 48.9. The van der Waals surface area contributed by atoms with Gasteiger partial charge in [0.2, 0.25) is 29.5 Å².